The van der Waals surface area contributed by atoms with E-state index in [0.717, 1.165) is 17.8 Å². The monoisotopic (exact) mass is 176 g/mol. The maximum Gasteiger partial charge on any atom is 0.00717 e. The van der Waals surface area contributed by atoms with Crippen LogP contribution in [0.3, 0.4) is 0 Å². The SMILES string of the molecule is C=C=C1C2C(CC(CC)CC)C12C. The van der Waals surface area contributed by atoms with Gasteiger partial charge in [0.15, 0.2) is 0 Å². The summed E-state index contributed by atoms with van der Waals surface area (Å²) in [5.74, 6) is 2.84. The predicted octanol–water partition coefficient (Wildman–Crippen LogP) is 3.79. The smallest absolute Gasteiger partial charge is 0.00717 e. The molecule has 13 heavy (non-hydrogen) atoms. The fraction of sp³-hybridized carbons (Fsp3) is 0.769. The van der Waals surface area contributed by atoms with Crippen LogP contribution in [-0.2, 0) is 0 Å². The second-order valence-corrected chi connectivity index (χ2v) is 4.88. The first kappa shape index (κ1) is 9.09. The molecule has 0 heterocycles. The molecule has 0 bridgehead atoms. The lowest BCUT2D eigenvalue weighted by Crippen LogP contribution is -2.05. The number of fused-ring (bicyclic) bond motifs is 1. The molecule has 0 spiro atoms. The average molecular weight is 176 g/mol. The number of hydrogen-bond acceptors (Lipinski definition) is 0. The van der Waals surface area contributed by atoms with Crippen molar-refractivity contribution in [3.63, 3.8) is 0 Å². The van der Waals surface area contributed by atoms with Gasteiger partial charge in [-0.3, -0.25) is 0 Å². The molecule has 2 rings (SSSR count). The van der Waals surface area contributed by atoms with Crippen LogP contribution in [0.4, 0.5) is 0 Å². The van der Waals surface area contributed by atoms with Gasteiger partial charge in [-0.05, 0) is 23.8 Å². The van der Waals surface area contributed by atoms with Crippen molar-refractivity contribution in [2.75, 3.05) is 0 Å². The lowest BCUT2D eigenvalue weighted by molar-refractivity contribution is 0.385. The van der Waals surface area contributed by atoms with Crippen LogP contribution in [0, 0.1) is 23.2 Å². The molecule has 3 unspecified atom stereocenters. The lowest BCUT2D eigenvalue weighted by atomic mass is 9.89. The molecule has 2 saturated carbocycles. The molecule has 0 N–H and O–H groups in total. The van der Waals surface area contributed by atoms with E-state index in [9.17, 15) is 0 Å². The Bertz CT molecular complexity index is 266. The van der Waals surface area contributed by atoms with Crippen LogP contribution in [0.1, 0.15) is 40.0 Å². The number of hydrogen-bond donors (Lipinski definition) is 0. The van der Waals surface area contributed by atoms with Crippen LogP contribution in [-0.4, -0.2) is 0 Å². The van der Waals surface area contributed by atoms with Gasteiger partial charge in [0.2, 0.25) is 0 Å². The fourth-order valence-corrected chi connectivity index (χ4v) is 3.05. The Balaban J connectivity index is 1.87. The van der Waals surface area contributed by atoms with E-state index >= 15 is 0 Å². The summed E-state index contributed by atoms with van der Waals surface area (Å²) in [7, 11) is 0. The van der Waals surface area contributed by atoms with E-state index in [1.165, 1.54) is 24.8 Å². The highest BCUT2D eigenvalue weighted by Crippen LogP contribution is 2.84. The van der Waals surface area contributed by atoms with E-state index in [-0.39, 0.29) is 0 Å². The minimum Gasteiger partial charge on any atom is -0.129 e. The molecule has 2 aliphatic carbocycles. The van der Waals surface area contributed by atoms with Gasteiger partial charge in [-0.1, -0.05) is 40.2 Å². The highest BCUT2D eigenvalue weighted by Gasteiger charge is 2.79. The molecule has 0 heteroatoms. The van der Waals surface area contributed by atoms with Crippen molar-refractivity contribution in [1.29, 1.82) is 0 Å². The van der Waals surface area contributed by atoms with E-state index in [2.05, 4.69) is 33.1 Å². The number of rotatable bonds is 4. The standard InChI is InChI=1S/C13H20/c1-5-9(6-2)8-11-12-10(7-3)13(11,12)4/h9,11-12H,3,5-6,8H2,1-2,4H3. The Morgan fingerprint density at radius 3 is 2.38 bits per heavy atom. The van der Waals surface area contributed by atoms with Crippen molar-refractivity contribution in [3.05, 3.63) is 17.9 Å². The third kappa shape index (κ3) is 1.05. The van der Waals surface area contributed by atoms with Gasteiger partial charge in [0, 0.05) is 11.3 Å². The van der Waals surface area contributed by atoms with Crippen molar-refractivity contribution in [2.24, 2.45) is 23.2 Å². The third-order valence-corrected chi connectivity index (χ3v) is 4.45. The Kier molecular flexibility index (Phi) is 1.92. The maximum absolute atomic E-state index is 3.74. The minimum atomic E-state index is 0.574. The van der Waals surface area contributed by atoms with Crippen molar-refractivity contribution in [2.45, 2.75) is 40.0 Å². The Morgan fingerprint density at radius 2 is 2.00 bits per heavy atom. The molecule has 0 amide bonds. The Morgan fingerprint density at radius 1 is 1.46 bits per heavy atom. The summed E-state index contributed by atoms with van der Waals surface area (Å²) in [6.45, 7) is 10.8. The highest BCUT2D eigenvalue weighted by molar-refractivity contribution is 5.52. The fourth-order valence-electron chi connectivity index (χ4n) is 3.05. The molecule has 72 valence electrons. The van der Waals surface area contributed by atoms with Gasteiger partial charge < -0.3 is 0 Å². The highest BCUT2D eigenvalue weighted by atomic mass is 14.8. The molecular weight excluding hydrogens is 156 g/mol. The van der Waals surface area contributed by atoms with E-state index in [1.54, 1.807) is 0 Å². The first-order chi connectivity index (χ1) is 6.20. The largest absolute Gasteiger partial charge is 0.129 e. The summed E-state index contributed by atoms with van der Waals surface area (Å²) in [6, 6.07) is 0. The van der Waals surface area contributed by atoms with Crippen molar-refractivity contribution < 1.29 is 0 Å². The normalized spacial score (nSPS) is 40.2. The summed E-state index contributed by atoms with van der Waals surface area (Å²) >= 11 is 0. The lowest BCUT2D eigenvalue weighted by Gasteiger charge is -2.16. The Hall–Kier alpha value is -0.480. The van der Waals surface area contributed by atoms with E-state index < -0.39 is 0 Å². The van der Waals surface area contributed by atoms with Gasteiger partial charge in [-0.15, -0.1) is 5.73 Å². The summed E-state index contributed by atoms with van der Waals surface area (Å²) < 4.78 is 0. The molecule has 0 aromatic rings. The first-order valence-corrected chi connectivity index (χ1v) is 5.60. The summed E-state index contributed by atoms with van der Waals surface area (Å²) in [5.41, 5.74) is 5.18. The summed E-state index contributed by atoms with van der Waals surface area (Å²) in [6.07, 6.45) is 4.14. The van der Waals surface area contributed by atoms with E-state index in [1.807, 2.05) is 0 Å². The van der Waals surface area contributed by atoms with Crippen LogP contribution in [0.2, 0.25) is 0 Å². The van der Waals surface area contributed by atoms with Gasteiger partial charge in [0.25, 0.3) is 0 Å². The molecular formula is C13H20. The van der Waals surface area contributed by atoms with Crippen LogP contribution in [0.15, 0.2) is 17.9 Å². The predicted molar refractivity (Wildman–Crippen MR) is 56.4 cm³/mol. The van der Waals surface area contributed by atoms with Gasteiger partial charge in [0.1, 0.15) is 0 Å². The van der Waals surface area contributed by atoms with Crippen molar-refractivity contribution in [3.8, 4) is 0 Å². The third-order valence-electron chi connectivity index (χ3n) is 4.45. The molecule has 2 fully saturated rings. The van der Waals surface area contributed by atoms with Gasteiger partial charge in [-0.2, -0.15) is 0 Å². The molecule has 2 aliphatic rings. The number of allylic oxidation sites excluding steroid dienone is 1. The van der Waals surface area contributed by atoms with Crippen molar-refractivity contribution >= 4 is 0 Å². The van der Waals surface area contributed by atoms with Crippen LogP contribution < -0.4 is 0 Å². The molecule has 0 aliphatic heterocycles. The van der Waals surface area contributed by atoms with Crippen LogP contribution >= 0.6 is 0 Å². The van der Waals surface area contributed by atoms with Crippen molar-refractivity contribution in [1.82, 2.24) is 0 Å². The molecule has 0 radical (unpaired) electrons. The average Bonchev–Trinajstić information content (AvgIpc) is 2.93. The van der Waals surface area contributed by atoms with Gasteiger partial charge in [-0.25, -0.2) is 0 Å². The second-order valence-electron chi connectivity index (χ2n) is 4.88. The Labute approximate surface area is 81.7 Å². The maximum atomic E-state index is 3.74. The summed E-state index contributed by atoms with van der Waals surface area (Å²) in [4.78, 5) is 0. The van der Waals surface area contributed by atoms with Crippen LogP contribution in [0.5, 0.6) is 0 Å². The van der Waals surface area contributed by atoms with Gasteiger partial charge in [0.05, 0.1) is 0 Å². The molecule has 0 aromatic heterocycles. The second kappa shape index (κ2) is 2.75. The quantitative estimate of drug-likeness (QED) is 0.572. The molecule has 0 aromatic carbocycles. The zero-order valence-electron chi connectivity index (χ0n) is 9.06. The van der Waals surface area contributed by atoms with Gasteiger partial charge >= 0.3 is 0 Å². The van der Waals surface area contributed by atoms with E-state index in [4.69, 9.17) is 0 Å². The van der Waals surface area contributed by atoms with Crippen LogP contribution in [0.25, 0.3) is 0 Å². The minimum absolute atomic E-state index is 0.574. The molecule has 0 nitrogen and oxygen atoms in total. The summed E-state index contributed by atoms with van der Waals surface area (Å²) in [5, 5.41) is 0. The van der Waals surface area contributed by atoms with E-state index in [0.29, 0.717) is 5.41 Å². The molecule has 3 atom stereocenters. The zero-order valence-corrected chi connectivity index (χ0v) is 9.06. The first-order valence-electron chi connectivity index (χ1n) is 5.60. The molecule has 0 saturated heterocycles. The topological polar surface area (TPSA) is 0 Å². The zero-order chi connectivity index (χ0) is 9.64.